The van der Waals surface area contributed by atoms with Gasteiger partial charge in [-0.3, -0.25) is 9.59 Å². The molecule has 0 rings (SSSR count). The van der Waals surface area contributed by atoms with Gasteiger partial charge in [-0.2, -0.15) is 0 Å². The molecular formula is C9H16BrNO3. The van der Waals surface area contributed by atoms with Gasteiger partial charge in [0.15, 0.2) is 0 Å². The minimum atomic E-state index is -0.319. The summed E-state index contributed by atoms with van der Waals surface area (Å²) in [7, 11) is 1.32. The highest BCUT2D eigenvalue weighted by Crippen LogP contribution is 2.11. The lowest BCUT2D eigenvalue weighted by molar-refractivity contribution is -0.140. The second-order valence-corrected chi connectivity index (χ2v) is 4.25. The van der Waals surface area contributed by atoms with E-state index in [9.17, 15) is 9.59 Å². The minimum absolute atomic E-state index is 0.0936. The van der Waals surface area contributed by atoms with E-state index < -0.39 is 0 Å². The van der Waals surface area contributed by atoms with Gasteiger partial charge in [-0.15, -0.1) is 0 Å². The number of alkyl halides is 1. The average Bonchev–Trinajstić information content (AvgIpc) is 2.15. The molecule has 0 aliphatic heterocycles. The fourth-order valence-corrected chi connectivity index (χ4v) is 0.952. The molecule has 0 aromatic rings. The summed E-state index contributed by atoms with van der Waals surface area (Å²) in [4.78, 5) is 21.8. The maximum Gasteiger partial charge on any atom is 0.307 e. The number of hydrogen-bond donors (Lipinski definition) is 1. The van der Waals surface area contributed by atoms with Gasteiger partial charge >= 0.3 is 5.97 Å². The fraction of sp³-hybridized carbons (Fsp3) is 0.778. The van der Waals surface area contributed by atoms with Crippen LogP contribution in [-0.4, -0.2) is 30.4 Å². The van der Waals surface area contributed by atoms with Crippen LogP contribution in [0.3, 0.4) is 0 Å². The second-order valence-electron chi connectivity index (χ2n) is 3.26. The lowest BCUT2D eigenvalue weighted by atomic mass is 10.1. The number of halogens is 1. The van der Waals surface area contributed by atoms with Crippen LogP contribution in [0.4, 0.5) is 0 Å². The molecule has 0 radical (unpaired) electrons. The van der Waals surface area contributed by atoms with Crippen molar-refractivity contribution in [3.63, 3.8) is 0 Å². The fourth-order valence-electron chi connectivity index (χ4n) is 0.790. The van der Waals surface area contributed by atoms with Crippen molar-refractivity contribution in [3.05, 3.63) is 0 Å². The molecule has 1 unspecified atom stereocenters. The van der Waals surface area contributed by atoms with E-state index in [4.69, 9.17) is 0 Å². The SMILES string of the molecule is COC(=O)CCNC(=O)C(Br)C(C)C. The molecule has 0 heterocycles. The van der Waals surface area contributed by atoms with Crippen molar-refractivity contribution in [2.24, 2.45) is 5.92 Å². The second kappa shape index (κ2) is 6.81. The Morgan fingerprint density at radius 3 is 2.43 bits per heavy atom. The van der Waals surface area contributed by atoms with E-state index in [1.807, 2.05) is 13.8 Å². The maximum atomic E-state index is 11.3. The first-order valence-electron chi connectivity index (χ1n) is 4.47. The predicted octanol–water partition coefficient (Wildman–Crippen LogP) is 1.09. The molecule has 14 heavy (non-hydrogen) atoms. The molecule has 4 nitrogen and oxygen atoms in total. The molecule has 82 valence electrons. The van der Waals surface area contributed by atoms with E-state index in [1.54, 1.807) is 0 Å². The van der Waals surface area contributed by atoms with Crippen LogP contribution in [0, 0.1) is 5.92 Å². The average molecular weight is 266 g/mol. The normalized spacial score (nSPS) is 12.4. The Hall–Kier alpha value is -0.580. The van der Waals surface area contributed by atoms with E-state index in [-0.39, 0.29) is 29.0 Å². The first-order chi connectivity index (χ1) is 6.49. The summed E-state index contributed by atoms with van der Waals surface area (Å²) in [5.41, 5.74) is 0. The molecule has 0 spiro atoms. The zero-order valence-electron chi connectivity index (χ0n) is 8.67. The van der Waals surface area contributed by atoms with Gasteiger partial charge in [0, 0.05) is 6.54 Å². The van der Waals surface area contributed by atoms with Crippen LogP contribution in [0.5, 0.6) is 0 Å². The minimum Gasteiger partial charge on any atom is -0.469 e. The topological polar surface area (TPSA) is 55.4 Å². The van der Waals surface area contributed by atoms with Crippen LogP contribution in [-0.2, 0) is 14.3 Å². The highest BCUT2D eigenvalue weighted by Gasteiger charge is 2.17. The van der Waals surface area contributed by atoms with E-state index >= 15 is 0 Å². The van der Waals surface area contributed by atoms with Gasteiger partial charge in [0.25, 0.3) is 0 Å². The number of ether oxygens (including phenoxy) is 1. The molecule has 1 N–H and O–H groups in total. The highest BCUT2D eigenvalue weighted by molar-refractivity contribution is 9.10. The van der Waals surface area contributed by atoms with Gasteiger partial charge in [-0.05, 0) is 5.92 Å². The van der Waals surface area contributed by atoms with Gasteiger partial charge in [-0.25, -0.2) is 0 Å². The van der Waals surface area contributed by atoms with Gasteiger partial charge in [-0.1, -0.05) is 29.8 Å². The monoisotopic (exact) mass is 265 g/mol. The maximum absolute atomic E-state index is 11.3. The van der Waals surface area contributed by atoms with E-state index in [0.29, 0.717) is 6.54 Å². The summed E-state index contributed by atoms with van der Waals surface area (Å²) >= 11 is 3.26. The van der Waals surface area contributed by atoms with Gasteiger partial charge in [0.05, 0.1) is 18.4 Å². The van der Waals surface area contributed by atoms with Gasteiger partial charge in [0.2, 0.25) is 5.91 Å². The van der Waals surface area contributed by atoms with Crippen LogP contribution in [0.2, 0.25) is 0 Å². The van der Waals surface area contributed by atoms with Crippen molar-refractivity contribution >= 4 is 27.8 Å². The molecule has 0 aliphatic carbocycles. The van der Waals surface area contributed by atoms with E-state index in [2.05, 4.69) is 26.0 Å². The van der Waals surface area contributed by atoms with Crippen molar-refractivity contribution in [1.82, 2.24) is 5.32 Å². The number of amides is 1. The summed E-state index contributed by atoms with van der Waals surface area (Å²) in [5.74, 6) is -0.182. The van der Waals surface area contributed by atoms with Crippen molar-refractivity contribution in [2.75, 3.05) is 13.7 Å². The number of carbonyl (C=O) groups excluding carboxylic acids is 2. The standard InChI is InChI=1S/C9H16BrNO3/c1-6(2)8(10)9(13)11-5-4-7(12)14-3/h6,8H,4-5H2,1-3H3,(H,11,13). The third kappa shape index (κ3) is 5.21. The molecule has 0 fully saturated rings. The number of methoxy groups -OCH3 is 1. The quantitative estimate of drug-likeness (QED) is 0.598. The Labute approximate surface area is 92.5 Å². The third-order valence-electron chi connectivity index (χ3n) is 1.69. The summed E-state index contributed by atoms with van der Waals surface area (Å²) in [6.45, 7) is 4.21. The zero-order chi connectivity index (χ0) is 11.1. The first kappa shape index (κ1) is 13.4. The third-order valence-corrected chi connectivity index (χ3v) is 3.16. The molecule has 0 bridgehead atoms. The Balaban J connectivity index is 3.69. The molecule has 1 amide bonds. The van der Waals surface area contributed by atoms with Crippen LogP contribution in [0.25, 0.3) is 0 Å². The zero-order valence-corrected chi connectivity index (χ0v) is 10.3. The van der Waals surface area contributed by atoms with Crippen molar-refractivity contribution < 1.29 is 14.3 Å². The first-order valence-corrected chi connectivity index (χ1v) is 5.39. The molecule has 0 aromatic carbocycles. The molecule has 0 aliphatic rings. The smallest absolute Gasteiger partial charge is 0.307 e. The number of nitrogens with one attached hydrogen (secondary N) is 1. The van der Waals surface area contributed by atoms with Crippen LogP contribution in [0.15, 0.2) is 0 Å². The lowest BCUT2D eigenvalue weighted by Crippen LogP contribution is -2.35. The Morgan fingerprint density at radius 1 is 1.43 bits per heavy atom. The summed E-state index contributed by atoms with van der Waals surface area (Å²) in [5, 5.41) is 2.64. The highest BCUT2D eigenvalue weighted by atomic mass is 79.9. The lowest BCUT2D eigenvalue weighted by Gasteiger charge is -2.13. The van der Waals surface area contributed by atoms with Crippen molar-refractivity contribution in [3.8, 4) is 0 Å². The Bertz CT molecular complexity index is 206. The van der Waals surface area contributed by atoms with Crippen LogP contribution >= 0.6 is 15.9 Å². The van der Waals surface area contributed by atoms with E-state index in [1.165, 1.54) is 7.11 Å². The number of rotatable bonds is 5. The van der Waals surface area contributed by atoms with Crippen LogP contribution < -0.4 is 5.32 Å². The molecule has 5 heteroatoms. The summed E-state index contributed by atoms with van der Waals surface area (Å²) in [6, 6.07) is 0. The van der Waals surface area contributed by atoms with Crippen LogP contribution in [0.1, 0.15) is 20.3 Å². The van der Waals surface area contributed by atoms with Gasteiger partial charge < -0.3 is 10.1 Å². The number of esters is 1. The Kier molecular flexibility index (Phi) is 6.53. The largest absolute Gasteiger partial charge is 0.469 e. The van der Waals surface area contributed by atoms with Crippen molar-refractivity contribution in [2.45, 2.75) is 25.1 Å². The molecule has 1 atom stereocenters. The summed E-state index contributed by atoms with van der Waals surface area (Å²) in [6.07, 6.45) is 0.208. The number of carbonyl (C=O) groups is 2. The van der Waals surface area contributed by atoms with E-state index in [0.717, 1.165) is 0 Å². The summed E-state index contributed by atoms with van der Waals surface area (Å²) < 4.78 is 4.44. The molecule has 0 saturated carbocycles. The predicted molar refractivity (Wildman–Crippen MR) is 57.2 cm³/mol. The molecule has 0 aromatic heterocycles. The molecule has 0 saturated heterocycles. The molecular weight excluding hydrogens is 250 g/mol. The Morgan fingerprint density at radius 2 is 2.00 bits per heavy atom. The van der Waals surface area contributed by atoms with Gasteiger partial charge in [0.1, 0.15) is 0 Å². The number of hydrogen-bond acceptors (Lipinski definition) is 3. The van der Waals surface area contributed by atoms with Crippen molar-refractivity contribution in [1.29, 1.82) is 0 Å².